The predicted octanol–water partition coefficient (Wildman–Crippen LogP) is 2.84. The van der Waals surface area contributed by atoms with E-state index < -0.39 is 5.60 Å². The molecule has 1 aromatic carbocycles. The summed E-state index contributed by atoms with van der Waals surface area (Å²) in [4.78, 5) is 24.4. The molecule has 2 aliphatic carbocycles. The van der Waals surface area contributed by atoms with Gasteiger partial charge in [0.15, 0.2) is 0 Å². The minimum atomic E-state index is -0.967. The minimum Gasteiger partial charge on any atom is -0.448 e. The van der Waals surface area contributed by atoms with Gasteiger partial charge in [-0.2, -0.15) is 0 Å². The van der Waals surface area contributed by atoms with E-state index in [-0.39, 0.29) is 23.7 Å². The van der Waals surface area contributed by atoms with E-state index in [9.17, 15) is 9.59 Å². The number of hydrogen-bond acceptors (Lipinski definition) is 3. The van der Waals surface area contributed by atoms with Crippen molar-refractivity contribution in [3.05, 3.63) is 29.8 Å². The Bertz CT molecular complexity index is 626. The molecule has 3 aliphatic rings. The fourth-order valence-electron chi connectivity index (χ4n) is 4.82. The van der Waals surface area contributed by atoms with Crippen LogP contribution in [0.5, 0.6) is 0 Å². The summed E-state index contributed by atoms with van der Waals surface area (Å²) in [5.74, 6) is 0.165. The maximum atomic E-state index is 12.7. The van der Waals surface area contributed by atoms with E-state index in [1.807, 2.05) is 18.2 Å². The second-order valence-corrected chi connectivity index (χ2v) is 6.46. The molecule has 1 amide bonds. The van der Waals surface area contributed by atoms with E-state index in [1.165, 1.54) is 13.3 Å². The minimum absolute atomic E-state index is 0.0247. The highest BCUT2D eigenvalue weighted by molar-refractivity contribution is 6.04. The molecule has 2 saturated carbocycles. The number of rotatable bonds is 1. The van der Waals surface area contributed by atoms with Gasteiger partial charge >= 0.3 is 5.97 Å². The van der Waals surface area contributed by atoms with Crippen molar-refractivity contribution in [1.29, 1.82) is 0 Å². The van der Waals surface area contributed by atoms with Gasteiger partial charge in [0.05, 0.1) is 0 Å². The number of carbonyl (C=O) groups excluding carboxylic acids is 2. The molecular weight excluding hydrogens is 266 g/mol. The van der Waals surface area contributed by atoms with Crippen molar-refractivity contribution in [3.63, 3.8) is 0 Å². The molecule has 1 aromatic rings. The van der Waals surface area contributed by atoms with E-state index in [2.05, 4.69) is 11.4 Å². The average Bonchev–Trinajstić information content (AvgIpc) is 2.46. The molecule has 0 unspecified atom stereocenters. The summed E-state index contributed by atoms with van der Waals surface area (Å²) >= 11 is 0. The molecule has 4 heteroatoms. The van der Waals surface area contributed by atoms with Crippen LogP contribution in [0.4, 0.5) is 5.69 Å². The first-order valence-corrected chi connectivity index (χ1v) is 7.74. The van der Waals surface area contributed by atoms with Gasteiger partial charge in [0.2, 0.25) is 5.60 Å². The number of para-hydroxylation sites is 1. The Kier molecular flexibility index (Phi) is 2.65. The van der Waals surface area contributed by atoms with Crippen LogP contribution in [0.15, 0.2) is 24.3 Å². The Balaban J connectivity index is 1.85. The van der Waals surface area contributed by atoms with E-state index in [0.29, 0.717) is 5.92 Å². The van der Waals surface area contributed by atoms with Gasteiger partial charge in [-0.1, -0.05) is 31.0 Å². The summed E-state index contributed by atoms with van der Waals surface area (Å²) in [7, 11) is 0. The van der Waals surface area contributed by atoms with Gasteiger partial charge in [-0.25, -0.2) is 0 Å². The fourth-order valence-corrected chi connectivity index (χ4v) is 4.82. The Morgan fingerprint density at radius 3 is 2.86 bits per heavy atom. The molecule has 1 N–H and O–H groups in total. The molecule has 1 aliphatic heterocycles. The molecule has 21 heavy (non-hydrogen) atoms. The Morgan fingerprint density at radius 1 is 1.29 bits per heavy atom. The van der Waals surface area contributed by atoms with Crippen LogP contribution >= 0.6 is 0 Å². The number of ether oxygens (including phenoxy) is 1. The highest BCUT2D eigenvalue weighted by Gasteiger charge is 2.70. The highest BCUT2D eigenvalue weighted by atomic mass is 16.6. The Hall–Kier alpha value is -1.84. The largest absolute Gasteiger partial charge is 0.448 e. The Labute approximate surface area is 123 Å². The number of carbonyl (C=O) groups is 2. The molecule has 1 heterocycles. The van der Waals surface area contributed by atoms with Crippen molar-refractivity contribution < 1.29 is 14.3 Å². The zero-order valence-electron chi connectivity index (χ0n) is 12.1. The standard InChI is InChI=1S/C17H19NO3/c1-10(19)21-17-13-8-4-2-6-11(13)15(17)12-7-3-5-9-14(12)18-16(17)20/h3,5,7,9,11,13,15H,2,4,6,8H2,1H3,(H,18,20)/t11-,13+,15+,17-/m0/s1. The number of fused-ring (bicyclic) bond motifs is 6. The summed E-state index contributed by atoms with van der Waals surface area (Å²) < 4.78 is 5.67. The molecule has 0 spiro atoms. The third-order valence-corrected chi connectivity index (χ3v) is 5.47. The second-order valence-electron chi connectivity index (χ2n) is 6.46. The molecule has 2 fully saturated rings. The maximum absolute atomic E-state index is 12.7. The molecule has 0 saturated heterocycles. The van der Waals surface area contributed by atoms with Crippen LogP contribution < -0.4 is 5.32 Å². The number of benzene rings is 1. The number of anilines is 1. The zero-order chi connectivity index (χ0) is 14.6. The molecule has 4 nitrogen and oxygen atoms in total. The topological polar surface area (TPSA) is 55.4 Å². The number of nitrogens with one attached hydrogen (secondary N) is 1. The van der Waals surface area contributed by atoms with Crippen molar-refractivity contribution in [1.82, 2.24) is 0 Å². The van der Waals surface area contributed by atoms with Gasteiger partial charge in [-0.15, -0.1) is 0 Å². The van der Waals surface area contributed by atoms with Crippen LogP contribution in [0, 0.1) is 11.8 Å². The van der Waals surface area contributed by atoms with E-state index in [1.54, 1.807) is 0 Å². The van der Waals surface area contributed by atoms with Crippen LogP contribution in [-0.4, -0.2) is 17.5 Å². The lowest BCUT2D eigenvalue weighted by atomic mass is 9.46. The SMILES string of the molecule is CC(=O)O[C@]12C(=O)Nc3ccccc3[C@H]1[C@H]1CCCC[C@H]12. The van der Waals surface area contributed by atoms with Crippen LogP contribution in [0.1, 0.15) is 44.1 Å². The van der Waals surface area contributed by atoms with Crippen molar-refractivity contribution in [2.24, 2.45) is 11.8 Å². The monoisotopic (exact) mass is 285 g/mol. The molecule has 4 rings (SSSR count). The first-order valence-electron chi connectivity index (χ1n) is 7.74. The molecule has 110 valence electrons. The van der Waals surface area contributed by atoms with Gasteiger partial charge < -0.3 is 10.1 Å². The molecule has 0 radical (unpaired) electrons. The molecule has 0 aromatic heterocycles. The zero-order valence-corrected chi connectivity index (χ0v) is 12.1. The highest BCUT2D eigenvalue weighted by Crippen LogP contribution is 2.65. The Morgan fingerprint density at radius 2 is 2.05 bits per heavy atom. The number of esters is 1. The fraction of sp³-hybridized carbons (Fsp3) is 0.529. The number of hydrogen-bond donors (Lipinski definition) is 1. The number of amides is 1. The van der Waals surface area contributed by atoms with Crippen molar-refractivity contribution in [3.8, 4) is 0 Å². The lowest BCUT2D eigenvalue weighted by Gasteiger charge is -2.62. The van der Waals surface area contributed by atoms with Gasteiger partial charge in [-0.05, 0) is 30.4 Å². The molecule has 4 atom stereocenters. The van der Waals surface area contributed by atoms with Gasteiger partial charge in [0, 0.05) is 24.4 Å². The summed E-state index contributed by atoms with van der Waals surface area (Å²) in [6.45, 7) is 1.40. The van der Waals surface area contributed by atoms with E-state index in [4.69, 9.17) is 4.74 Å². The molecular formula is C17H19NO3. The normalized spacial score (nSPS) is 36.4. The van der Waals surface area contributed by atoms with Crippen LogP contribution in [0.2, 0.25) is 0 Å². The lowest BCUT2D eigenvalue weighted by Crippen LogP contribution is -2.71. The van der Waals surface area contributed by atoms with Crippen molar-refractivity contribution >= 4 is 17.6 Å². The first-order chi connectivity index (χ1) is 10.1. The van der Waals surface area contributed by atoms with Gasteiger partial charge in [0.25, 0.3) is 5.91 Å². The third kappa shape index (κ3) is 1.56. The van der Waals surface area contributed by atoms with Crippen LogP contribution in [0.25, 0.3) is 0 Å². The summed E-state index contributed by atoms with van der Waals surface area (Å²) in [5, 5.41) is 2.95. The third-order valence-electron chi connectivity index (χ3n) is 5.47. The quantitative estimate of drug-likeness (QED) is 0.807. The van der Waals surface area contributed by atoms with Gasteiger partial charge in [-0.3, -0.25) is 9.59 Å². The summed E-state index contributed by atoms with van der Waals surface area (Å²) in [6.07, 6.45) is 4.42. The lowest BCUT2D eigenvalue weighted by molar-refractivity contribution is -0.212. The van der Waals surface area contributed by atoms with E-state index in [0.717, 1.165) is 30.5 Å². The smallest absolute Gasteiger partial charge is 0.303 e. The van der Waals surface area contributed by atoms with Gasteiger partial charge in [0.1, 0.15) is 0 Å². The summed E-state index contributed by atoms with van der Waals surface area (Å²) in [6, 6.07) is 7.91. The second kappa shape index (κ2) is 4.33. The predicted molar refractivity (Wildman–Crippen MR) is 77.8 cm³/mol. The van der Waals surface area contributed by atoms with Crippen molar-refractivity contribution in [2.45, 2.75) is 44.1 Å². The maximum Gasteiger partial charge on any atom is 0.303 e. The van der Waals surface area contributed by atoms with Crippen LogP contribution in [0.3, 0.4) is 0 Å². The van der Waals surface area contributed by atoms with Crippen molar-refractivity contribution in [2.75, 3.05) is 5.32 Å². The first kappa shape index (κ1) is 12.9. The van der Waals surface area contributed by atoms with E-state index >= 15 is 0 Å². The summed E-state index contributed by atoms with van der Waals surface area (Å²) in [5.41, 5.74) is 1.03. The van der Waals surface area contributed by atoms with Crippen LogP contribution in [-0.2, 0) is 14.3 Å². The molecule has 0 bridgehead atoms. The average molecular weight is 285 g/mol.